The van der Waals surface area contributed by atoms with Crippen molar-refractivity contribution in [3.05, 3.63) is 28.3 Å². The van der Waals surface area contributed by atoms with E-state index in [1.54, 1.807) is 0 Å². The second-order valence-corrected chi connectivity index (χ2v) is 4.40. The highest BCUT2D eigenvalue weighted by Gasteiger charge is 2.16. The number of benzene rings is 1. The number of aliphatic hydroxyl groups is 1. The van der Waals surface area contributed by atoms with Crippen LogP contribution in [0.2, 0.25) is 0 Å². The van der Waals surface area contributed by atoms with Crippen molar-refractivity contribution in [1.29, 1.82) is 0 Å². The molecule has 1 rings (SSSR count). The zero-order valence-electron chi connectivity index (χ0n) is 12.4. The summed E-state index contributed by atoms with van der Waals surface area (Å²) in [5.74, 6) is 0.290. The first-order valence-corrected chi connectivity index (χ1v) is 6.51. The summed E-state index contributed by atoms with van der Waals surface area (Å²) in [6, 6.07) is 2.78. The number of methoxy groups -OCH3 is 2. The number of anilines is 1. The fourth-order valence-electron chi connectivity index (χ4n) is 1.72. The average Bonchev–Trinajstić information content (AvgIpc) is 2.51. The van der Waals surface area contributed by atoms with Crippen LogP contribution in [0.5, 0.6) is 5.75 Å². The minimum Gasteiger partial charge on any atom is -0.495 e. The van der Waals surface area contributed by atoms with Crippen LogP contribution in [0.3, 0.4) is 0 Å². The van der Waals surface area contributed by atoms with E-state index in [0.717, 1.165) is 0 Å². The van der Waals surface area contributed by atoms with Gasteiger partial charge in [-0.05, 0) is 12.5 Å². The molecule has 1 atom stereocenters. The van der Waals surface area contributed by atoms with Gasteiger partial charge in [-0.25, -0.2) is 4.79 Å². The number of nitro benzene ring substituents is 1. The Labute approximate surface area is 127 Å². The Balaban J connectivity index is 2.77. The van der Waals surface area contributed by atoms with E-state index < -0.39 is 17.0 Å². The van der Waals surface area contributed by atoms with Crippen LogP contribution in [0.4, 0.5) is 16.2 Å². The maximum Gasteiger partial charge on any atom is 0.319 e. The van der Waals surface area contributed by atoms with E-state index in [2.05, 4.69) is 10.6 Å². The van der Waals surface area contributed by atoms with Gasteiger partial charge in [0.25, 0.3) is 5.69 Å². The number of ether oxygens (including phenoxy) is 2. The van der Waals surface area contributed by atoms with E-state index in [1.807, 2.05) is 0 Å². The molecule has 0 saturated heterocycles. The third-order valence-electron chi connectivity index (χ3n) is 2.87. The second kappa shape index (κ2) is 8.80. The van der Waals surface area contributed by atoms with Crippen molar-refractivity contribution < 1.29 is 24.3 Å². The van der Waals surface area contributed by atoms with E-state index in [9.17, 15) is 20.0 Å². The lowest BCUT2D eigenvalue weighted by Gasteiger charge is -2.17. The van der Waals surface area contributed by atoms with Crippen molar-refractivity contribution in [1.82, 2.24) is 5.32 Å². The van der Waals surface area contributed by atoms with Gasteiger partial charge in [0.15, 0.2) is 0 Å². The number of rotatable bonds is 8. The number of carbonyl (C=O) groups excluding carboxylic acids is 1. The molecule has 0 fully saturated rings. The summed E-state index contributed by atoms with van der Waals surface area (Å²) in [4.78, 5) is 22.1. The molecule has 0 aliphatic heterocycles. The molecule has 0 unspecified atom stereocenters. The highest BCUT2D eigenvalue weighted by Crippen LogP contribution is 2.28. The molecule has 2 amide bonds. The minimum absolute atomic E-state index is 0.164. The number of urea groups is 1. The van der Waals surface area contributed by atoms with Crippen LogP contribution in [-0.4, -0.2) is 49.5 Å². The Morgan fingerprint density at radius 1 is 1.45 bits per heavy atom. The molecule has 1 aromatic rings. The number of hydrogen-bond acceptors (Lipinski definition) is 6. The first-order valence-electron chi connectivity index (χ1n) is 6.51. The minimum atomic E-state index is -0.603. The van der Waals surface area contributed by atoms with Crippen molar-refractivity contribution in [2.24, 2.45) is 0 Å². The molecular weight excluding hydrogens is 294 g/mol. The molecule has 0 bridgehead atoms. The van der Waals surface area contributed by atoms with Crippen molar-refractivity contribution in [3.8, 4) is 5.75 Å². The summed E-state index contributed by atoms with van der Waals surface area (Å²) in [5.41, 5.74) is -0.00757. The third kappa shape index (κ3) is 5.19. The topological polar surface area (TPSA) is 123 Å². The molecule has 0 radical (unpaired) electrons. The van der Waals surface area contributed by atoms with Gasteiger partial charge in [-0.1, -0.05) is 0 Å². The number of hydrogen-bond donors (Lipinski definition) is 3. The quantitative estimate of drug-likeness (QED) is 0.488. The summed E-state index contributed by atoms with van der Waals surface area (Å²) < 4.78 is 9.92. The van der Waals surface area contributed by atoms with Crippen LogP contribution >= 0.6 is 0 Å². The normalized spacial score (nSPS) is 11.6. The second-order valence-electron chi connectivity index (χ2n) is 4.40. The molecule has 22 heavy (non-hydrogen) atoms. The number of non-ortho nitro benzene ring substituents is 1. The fraction of sp³-hybridized carbons (Fsp3) is 0.462. The molecule has 0 aliphatic rings. The van der Waals surface area contributed by atoms with Crippen LogP contribution in [0.1, 0.15) is 6.42 Å². The molecule has 0 aromatic heterocycles. The summed E-state index contributed by atoms with van der Waals surface area (Å²) in [6.45, 7) is 0.133. The van der Waals surface area contributed by atoms with Gasteiger partial charge in [0, 0.05) is 25.8 Å². The lowest BCUT2D eigenvalue weighted by molar-refractivity contribution is -0.384. The number of amides is 2. The molecule has 3 N–H and O–H groups in total. The highest BCUT2D eigenvalue weighted by atomic mass is 16.6. The Bertz CT molecular complexity index is 522. The van der Waals surface area contributed by atoms with Crippen molar-refractivity contribution in [2.45, 2.75) is 12.5 Å². The van der Waals surface area contributed by atoms with E-state index in [0.29, 0.717) is 13.0 Å². The molecule has 9 heteroatoms. The predicted octanol–water partition coefficient (Wildman–Crippen LogP) is 1.12. The lowest BCUT2D eigenvalue weighted by Crippen LogP contribution is -2.40. The monoisotopic (exact) mass is 313 g/mol. The summed E-state index contributed by atoms with van der Waals surface area (Å²) >= 11 is 0. The smallest absolute Gasteiger partial charge is 0.319 e. The lowest BCUT2D eigenvalue weighted by atomic mass is 10.2. The molecule has 0 spiro atoms. The SMILES string of the molecule is COCC[C@H](CO)NC(=O)Nc1cc([N+](=O)[O-])ccc1OC. The first-order chi connectivity index (χ1) is 10.5. The van der Waals surface area contributed by atoms with Crippen LogP contribution in [-0.2, 0) is 4.74 Å². The van der Waals surface area contributed by atoms with E-state index >= 15 is 0 Å². The average molecular weight is 313 g/mol. The molecule has 122 valence electrons. The molecular formula is C13H19N3O6. The van der Waals surface area contributed by atoms with Crippen LogP contribution in [0, 0.1) is 10.1 Å². The summed E-state index contributed by atoms with van der Waals surface area (Å²) in [7, 11) is 2.90. The maximum atomic E-state index is 11.9. The van der Waals surface area contributed by atoms with Gasteiger partial charge in [0.2, 0.25) is 0 Å². The third-order valence-corrected chi connectivity index (χ3v) is 2.87. The zero-order valence-corrected chi connectivity index (χ0v) is 12.4. The maximum absolute atomic E-state index is 11.9. The molecule has 0 aliphatic carbocycles. The van der Waals surface area contributed by atoms with E-state index in [1.165, 1.54) is 32.4 Å². The largest absolute Gasteiger partial charge is 0.495 e. The first kappa shape index (κ1) is 17.7. The van der Waals surface area contributed by atoms with Gasteiger partial charge < -0.3 is 25.2 Å². The number of aliphatic hydroxyl groups excluding tert-OH is 1. The van der Waals surface area contributed by atoms with Crippen molar-refractivity contribution in [2.75, 3.05) is 32.8 Å². The van der Waals surface area contributed by atoms with Gasteiger partial charge in [-0.15, -0.1) is 0 Å². The van der Waals surface area contributed by atoms with Crippen molar-refractivity contribution >= 4 is 17.4 Å². The molecule has 0 saturated carbocycles. The van der Waals surface area contributed by atoms with Gasteiger partial charge in [0.1, 0.15) is 5.75 Å². The standard InChI is InChI=1S/C13H19N3O6/c1-21-6-5-9(8-17)14-13(18)15-11-7-10(16(19)20)3-4-12(11)22-2/h3-4,7,9,17H,5-6,8H2,1-2H3,(H2,14,15,18)/t9-/m1/s1. The number of nitro groups is 1. The van der Waals surface area contributed by atoms with E-state index in [-0.39, 0.29) is 23.7 Å². The summed E-state index contributed by atoms with van der Waals surface area (Å²) in [6.07, 6.45) is 0.437. The predicted molar refractivity (Wildman–Crippen MR) is 79.2 cm³/mol. The van der Waals surface area contributed by atoms with Gasteiger partial charge in [-0.3, -0.25) is 10.1 Å². The highest BCUT2D eigenvalue weighted by molar-refractivity contribution is 5.91. The molecule has 9 nitrogen and oxygen atoms in total. The Hall–Kier alpha value is -2.39. The van der Waals surface area contributed by atoms with Crippen LogP contribution in [0.15, 0.2) is 18.2 Å². The van der Waals surface area contributed by atoms with Crippen LogP contribution < -0.4 is 15.4 Å². The Morgan fingerprint density at radius 3 is 2.73 bits per heavy atom. The fourth-order valence-corrected chi connectivity index (χ4v) is 1.72. The molecule has 1 aromatic carbocycles. The van der Waals surface area contributed by atoms with Crippen LogP contribution in [0.25, 0.3) is 0 Å². The number of nitrogens with one attached hydrogen (secondary N) is 2. The van der Waals surface area contributed by atoms with Gasteiger partial charge in [-0.2, -0.15) is 0 Å². The Kier molecular flexibility index (Phi) is 7.06. The molecule has 0 heterocycles. The van der Waals surface area contributed by atoms with Gasteiger partial charge >= 0.3 is 6.03 Å². The van der Waals surface area contributed by atoms with Crippen molar-refractivity contribution in [3.63, 3.8) is 0 Å². The number of nitrogens with zero attached hydrogens (tertiary/aromatic N) is 1. The summed E-state index contributed by atoms with van der Waals surface area (Å²) in [5, 5.41) is 25.0. The zero-order chi connectivity index (χ0) is 16.5. The van der Waals surface area contributed by atoms with E-state index in [4.69, 9.17) is 9.47 Å². The van der Waals surface area contributed by atoms with Gasteiger partial charge in [0.05, 0.1) is 30.4 Å². The number of carbonyl (C=O) groups is 1. The Morgan fingerprint density at radius 2 is 2.18 bits per heavy atom.